The van der Waals surface area contributed by atoms with E-state index in [0.29, 0.717) is 23.3 Å². The number of carbonyl (C=O) groups is 1. The van der Waals surface area contributed by atoms with Crippen LogP contribution in [-0.4, -0.2) is 30.6 Å². The van der Waals surface area contributed by atoms with Gasteiger partial charge in [0, 0.05) is 48.8 Å². The van der Waals surface area contributed by atoms with Gasteiger partial charge in [0.15, 0.2) is 11.0 Å². The zero-order valence-electron chi connectivity index (χ0n) is 17.1. The first-order valence-corrected chi connectivity index (χ1v) is 11.6. The molecule has 1 aromatic carbocycles. The minimum Gasteiger partial charge on any atom is -0.421 e. The van der Waals surface area contributed by atoms with Crippen molar-refractivity contribution >= 4 is 33.7 Å². The molecule has 0 fully saturated rings. The van der Waals surface area contributed by atoms with Crippen molar-refractivity contribution in [1.82, 2.24) is 24.7 Å². The van der Waals surface area contributed by atoms with Gasteiger partial charge in [0.25, 0.3) is 0 Å². The van der Waals surface area contributed by atoms with E-state index in [0.717, 1.165) is 27.5 Å². The van der Waals surface area contributed by atoms with Crippen molar-refractivity contribution in [2.24, 2.45) is 7.05 Å². The van der Waals surface area contributed by atoms with Crippen molar-refractivity contribution in [2.75, 3.05) is 5.32 Å². The fourth-order valence-corrected chi connectivity index (χ4v) is 4.83. The minimum atomic E-state index is -0.167. The number of benzene rings is 1. The molecule has 0 saturated heterocycles. The molecule has 0 aliphatic heterocycles. The highest BCUT2D eigenvalue weighted by Gasteiger charge is 2.19. The molecule has 10 heteroatoms. The molecule has 0 atom stereocenters. The number of anilines is 1. The number of hydrogen-bond donors (Lipinski definition) is 1. The molecule has 0 radical (unpaired) electrons. The van der Waals surface area contributed by atoms with Crippen LogP contribution in [0.4, 0.5) is 5.13 Å². The molecule has 5 rings (SSSR count). The second-order valence-electron chi connectivity index (χ2n) is 6.99. The Morgan fingerprint density at radius 2 is 2.03 bits per heavy atom. The highest BCUT2D eigenvalue weighted by Crippen LogP contribution is 2.38. The Hall–Kier alpha value is -3.63. The van der Waals surface area contributed by atoms with E-state index in [1.165, 1.54) is 11.3 Å². The van der Waals surface area contributed by atoms with E-state index in [-0.39, 0.29) is 12.3 Å². The number of hydrogen-bond acceptors (Lipinski definition) is 8. The molecule has 1 amide bonds. The summed E-state index contributed by atoms with van der Waals surface area (Å²) in [7, 11) is 1.93. The smallest absolute Gasteiger partial charge is 0.248 e. The van der Waals surface area contributed by atoms with Gasteiger partial charge in [-0.3, -0.25) is 4.79 Å². The summed E-state index contributed by atoms with van der Waals surface area (Å²) in [5.74, 6) is 1.53. The van der Waals surface area contributed by atoms with Gasteiger partial charge in [-0.05, 0) is 11.4 Å². The van der Waals surface area contributed by atoms with E-state index in [1.54, 1.807) is 17.5 Å². The largest absolute Gasteiger partial charge is 0.421 e. The molecule has 8 nitrogen and oxygen atoms in total. The van der Waals surface area contributed by atoms with Crippen LogP contribution < -0.4 is 5.32 Å². The van der Waals surface area contributed by atoms with Gasteiger partial charge >= 0.3 is 0 Å². The van der Waals surface area contributed by atoms with Crippen LogP contribution in [0.5, 0.6) is 0 Å². The number of nitrogens with one attached hydrogen (secondary N) is 1. The first-order chi connectivity index (χ1) is 15.7. The summed E-state index contributed by atoms with van der Waals surface area (Å²) < 4.78 is 7.59. The lowest BCUT2D eigenvalue weighted by Crippen LogP contribution is -2.12. The molecule has 1 N–H and O–H groups in total. The quantitative estimate of drug-likeness (QED) is 0.370. The van der Waals surface area contributed by atoms with Crippen molar-refractivity contribution < 1.29 is 9.21 Å². The van der Waals surface area contributed by atoms with Gasteiger partial charge < -0.3 is 14.3 Å². The summed E-state index contributed by atoms with van der Waals surface area (Å²) >= 11 is 2.96. The van der Waals surface area contributed by atoms with Gasteiger partial charge in [-0.25, -0.2) is 9.97 Å². The maximum Gasteiger partial charge on any atom is 0.248 e. The van der Waals surface area contributed by atoms with Crippen LogP contribution in [-0.2, 0) is 18.3 Å². The zero-order chi connectivity index (χ0) is 21.9. The van der Waals surface area contributed by atoms with Crippen LogP contribution in [0.25, 0.3) is 33.4 Å². The highest BCUT2D eigenvalue weighted by molar-refractivity contribution is 7.19. The lowest BCUT2D eigenvalue weighted by Gasteiger charge is -2.02. The Morgan fingerprint density at radius 1 is 1.16 bits per heavy atom. The molecule has 160 valence electrons. The zero-order valence-corrected chi connectivity index (χ0v) is 18.7. The predicted octanol–water partition coefficient (Wildman–Crippen LogP) is 4.89. The van der Waals surface area contributed by atoms with E-state index in [4.69, 9.17) is 9.40 Å². The Balaban J connectivity index is 1.31. The molecule has 5 aromatic rings. The van der Waals surface area contributed by atoms with Crippen LogP contribution in [0.15, 0.2) is 64.0 Å². The first kappa shape index (κ1) is 20.3. The lowest BCUT2D eigenvalue weighted by molar-refractivity contribution is -0.116. The van der Waals surface area contributed by atoms with Crippen LogP contribution in [0.3, 0.4) is 0 Å². The molecule has 0 aliphatic rings. The van der Waals surface area contributed by atoms with Crippen molar-refractivity contribution in [3.63, 3.8) is 0 Å². The fraction of sp³-hybridized carbons (Fsp3) is 0.136. The van der Waals surface area contributed by atoms with E-state index >= 15 is 0 Å². The van der Waals surface area contributed by atoms with Crippen LogP contribution in [0, 0.1) is 0 Å². The number of amides is 1. The van der Waals surface area contributed by atoms with Crippen LogP contribution >= 0.6 is 22.7 Å². The summed E-state index contributed by atoms with van der Waals surface area (Å²) in [6.45, 7) is 0. The summed E-state index contributed by atoms with van der Waals surface area (Å²) in [5.41, 5.74) is 2.64. The average molecular weight is 463 g/mol. The Bertz CT molecular complexity index is 1340. The Labute approximate surface area is 191 Å². The molecule has 0 unspecified atom stereocenters. The second-order valence-corrected chi connectivity index (χ2v) is 8.76. The third kappa shape index (κ3) is 4.23. The van der Waals surface area contributed by atoms with Gasteiger partial charge in [0.2, 0.25) is 17.7 Å². The SMILES string of the molecule is Cn1ccnc1-c1sc(NC(=O)CCc2nnc(-c3ccsc3)o2)nc1-c1ccccc1. The third-order valence-corrected chi connectivity index (χ3v) is 6.40. The van der Waals surface area contributed by atoms with Gasteiger partial charge in [-0.15, -0.1) is 10.2 Å². The maximum absolute atomic E-state index is 12.6. The molecule has 0 aliphatic carbocycles. The number of thiophene rings is 1. The number of aromatic nitrogens is 5. The molecule has 4 aromatic heterocycles. The first-order valence-electron chi connectivity index (χ1n) is 9.86. The molecule has 0 saturated carbocycles. The Morgan fingerprint density at radius 3 is 2.78 bits per heavy atom. The summed E-state index contributed by atoms with van der Waals surface area (Å²) in [6.07, 6.45) is 4.20. The maximum atomic E-state index is 12.6. The second kappa shape index (κ2) is 8.85. The molecule has 32 heavy (non-hydrogen) atoms. The number of thiazole rings is 1. The van der Waals surface area contributed by atoms with Crippen molar-refractivity contribution in [3.05, 3.63) is 65.4 Å². The molecule has 0 spiro atoms. The summed E-state index contributed by atoms with van der Waals surface area (Å²) in [6, 6.07) is 11.8. The van der Waals surface area contributed by atoms with E-state index in [9.17, 15) is 4.79 Å². The lowest BCUT2D eigenvalue weighted by atomic mass is 10.1. The van der Waals surface area contributed by atoms with Gasteiger partial charge in [0.05, 0.1) is 10.6 Å². The number of nitrogens with zero attached hydrogens (tertiary/aromatic N) is 5. The van der Waals surface area contributed by atoms with Gasteiger partial charge in [-0.2, -0.15) is 11.3 Å². The normalized spacial score (nSPS) is 11.0. The van der Waals surface area contributed by atoms with Crippen molar-refractivity contribution in [1.29, 1.82) is 0 Å². The number of imidazole rings is 1. The third-order valence-electron chi connectivity index (χ3n) is 4.75. The fourth-order valence-electron chi connectivity index (χ4n) is 3.16. The van der Waals surface area contributed by atoms with Crippen molar-refractivity contribution in [2.45, 2.75) is 12.8 Å². The van der Waals surface area contributed by atoms with E-state index < -0.39 is 0 Å². The molecule has 4 heterocycles. The van der Waals surface area contributed by atoms with Gasteiger partial charge in [-0.1, -0.05) is 41.7 Å². The molecular weight excluding hydrogens is 444 g/mol. The monoisotopic (exact) mass is 462 g/mol. The van der Waals surface area contributed by atoms with Crippen molar-refractivity contribution in [3.8, 4) is 33.4 Å². The topological polar surface area (TPSA) is 98.7 Å². The summed E-state index contributed by atoms with van der Waals surface area (Å²) in [4.78, 5) is 22.6. The number of carbonyl (C=O) groups excluding carboxylic acids is 1. The standard InChI is InChI=1S/C22H18N6O2S2/c1-28-11-10-23-20(28)19-18(14-5-3-2-4-6-14)25-22(32-19)24-16(29)7-8-17-26-27-21(30-17)15-9-12-31-13-15/h2-6,9-13H,7-8H2,1H3,(H,24,25,29). The number of aryl methyl sites for hydroxylation is 2. The summed E-state index contributed by atoms with van der Waals surface area (Å²) in [5, 5.41) is 15.4. The Kier molecular flexibility index (Phi) is 5.61. The molecular formula is C22H18N6O2S2. The van der Waals surface area contributed by atoms with Crippen LogP contribution in [0.1, 0.15) is 12.3 Å². The minimum absolute atomic E-state index is 0.167. The van der Waals surface area contributed by atoms with Gasteiger partial charge in [0.1, 0.15) is 0 Å². The molecule has 0 bridgehead atoms. The van der Waals surface area contributed by atoms with E-state index in [2.05, 4.69) is 20.5 Å². The van der Waals surface area contributed by atoms with E-state index in [1.807, 2.05) is 65.0 Å². The predicted molar refractivity (Wildman–Crippen MR) is 124 cm³/mol. The number of rotatable bonds is 7. The average Bonchev–Trinajstić information content (AvgIpc) is 3.59. The highest BCUT2D eigenvalue weighted by atomic mass is 32.1. The van der Waals surface area contributed by atoms with Crippen LogP contribution in [0.2, 0.25) is 0 Å².